The average Bonchev–Trinajstić information content (AvgIpc) is 2.96. The van der Waals surface area contributed by atoms with Gasteiger partial charge in [-0.05, 0) is 13.0 Å². The lowest BCUT2D eigenvalue weighted by Crippen LogP contribution is -2.33. The Labute approximate surface area is 106 Å². The molecule has 0 fully saturated rings. The number of rotatable bonds is 3. The molecule has 2 N–H and O–H groups in total. The molecule has 2 aromatic heterocycles. The molecule has 0 radical (unpaired) electrons. The van der Waals surface area contributed by atoms with Crippen LogP contribution in [0, 0.1) is 6.92 Å². The topological polar surface area (TPSA) is 60.2 Å². The Bertz CT molecular complexity index is 543. The maximum Gasteiger partial charge on any atom is 0.122 e. The minimum absolute atomic E-state index is 0.464. The molecule has 0 spiro atoms. The SMILES string of the molecule is Cc1oc(CN)cc1CN1CCn2ccnc2C1. The third-order valence-electron chi connectivity index (χ3n) is 3.49. The normalized spacial score (nSPS) is 15.9. The van der Waals surface area contributed by atoms with Gasteiger partial charge in [0, 0.05) is 37.6 Å². The summed E-state index contributed by atoms with van der Waals surface area (Å²) >= 11 is 0. The fourth-order valence-corrected chi connectivity index (χ4v) is 2.44. The fourth-order valence-electron chi connectivity index (χ4n) is 2.44. The van der Waals surface area contributed by atoms with Gasteiger partial charge >= 0.3 is 0 Å². The van der Waals surface area contributed by atoms with E-state index in [1.807, 2.05) is 19.3 Å². The summed E-state index contributed by atoms with van der Waals surface area (Å²) in [7, 11) is 0. The van der Waals surface area contributed by atoms with Crippen LogP contribution < -0.4 is 5.73 Å². The molecule has 5 heteroatoms. The van der Waals surface area contributed by atoms with E-state index >= 15 is 0 Å². The zero-order valence-corrected chi connectivity index (χ0v) is 10.6. The van der Waals surface area contributed by atoms with Crippen LogP contribution in [-0.2, 0) is 26.2 Å². The molecule has 0 saturated heterocycles. The maximum absolute atomic E-state index is 5.59. The smallest absolute Gasteiger partial charge is 0.122 e. The molecule has 5 nitrogen and oxygen atoms in total. The summed E-state index contributed by atoms with van der Waals surface area (Å²) in [5, 5.41) is 0. The van der Waals surface area contributed by atoms with Gasteiger partial charge in [-0.1, -0.05) is 0 Å². The van der Waals surface area contributed by atoms with Gasteiger partial charge < -0.3 is 14.7 Å². The summed E-state index contributed by atoms with van der Waals surface area (Å²) < 4.78 is 7.80. The lowest BCUT2D eigenvalue weighted by molar-refractivity contribution is 0.208. The fraction of sp³-hybridized carbons (Fsp3) is 0.462. The van der Waals surface area contributed by atoms with Gasteiger partial charge in [-0.15, -0.1) is 0 Å². The largest absolute Gasteiger partial charge is 0.465 e. The molecule has 3 heterocycles. The molecule has 0 amide bonds. The van der Waals surface area contributed by atoms with E-state index in [1.54, 1.807) is 0 Å². The third-order valence-corrected chi connectivity index (χ3v) is 3.49. The Kier molecular flexibility index (Phi) is 2.93. The number of nitrogens with zero attached hydrogens (tertiary/aromatic N) is 3. The highest BCUT2D eigenvalue weighted by Crippen LogP contribution is 2.19. The standard InChI is InChI=1S/C13H18N4O/c1-10-11(6-12(7-14)18-10)8-16-4-5-17-3-2-15-13(17)9-16/h2-3,6H,4-5,7-9,14H2,1H3. The summed E-state index contributed by atoms with van der Waals surface area (Å²) in [5.74, 6) is 2.98. The minimum Gasteiger partial charge on any atom is -0.465 e. The van der Waals surface area contributed by atoms with E-state index in [-0.39, 0.29) is 0 Å². The summed E-state index contributed by atoms with van der Waals surface area (Å²) in [5.41, 5.74) is 6.83. The lowest BCUT2D eigenvalue weighted by atomic mass is 10.2. The third kappa shape index (κ3) is 2.07. The quantitative estimate of drug-likeness (QED) is 0.885. The van der Waals surface area contributed by atoms with E-state index in [9.17, 15) is 0 Å². The van der Waals surface area contributed by atoms with Gasteiger partial charge in [0.05, 0.1) is 13.1 Å². The van der Waals surface area contributed by atoms with Crippen LogP contribution in [0.25, 0.3) is 0 Å². The van der Waals surface area contributed by atoms with Crippen molar-refractivity contribution in [3.05, 3.63) is 41.4 Å². The summed E-state index contributed by atoms with van der Waals surface area (Å²) in [4.78, 5) is 6.76. The van der Waals surface area contributed by atoms with Crippen molar-refractivity contribution in [2.45, 2.75) is 33.1 Å². The Balaban J connectivity index is 1.72. The minimum atomic E-state index is 0.464. The summed E-state index contributed by atoms with van der Waals surface area (Å²) in [6.45, 7) is 6.32. The van der Waals surface area contributed by atoms with Crippen molar-refractivity contribution in [3.63, 3.8) is 0 Å². The molecule has 0 bridgehead atoms. The van der Waals surface area contributed by atoms with Crippen LogP contribution in [0.5, 0.6) is 0 Å². The number of fused-ring (bicyclic) bond motifs is 1. The molecular formula is C13H18N4O. The van der Waals surface area contributed by atoms with Crippen molar-refractivity contribution in [1.29, 1.82) is 0 Å². The highest BCUT2D eigenvalue weighted by atomic mass is 16.3. The van der Waals surface area contributed by atoms with Crippen molar-refractivity contribution < 1.29 is 4.42 Å². The van der Waals surface area contributed by atoms with E-state index in [1.165, 1.54) is 5.56 Å². The summed E-state index contributed by atoms with van der Waals surface area (Å²) in [6, 6.07) is 2.07. The Hall–Kier alpha value is -1.59. The van der Waals surface area contributed by atoms with Crippen molar-refractivity contribution in [2.75, 3.05) is 6.54 Å². The summed E-state index contributed by atoms with van der Waals surface area (Å²) in [6.07, 6.45) is 3.91. The molecule has 0 saturated carbocycles. The van der Waals surface area contributed by atoms with Gasteiger partial charge in [0.1, 0.15) is 17.3 Å². The van der Waals surface area contributed by atoms with Crippen molar-refractivity contribution in [1.82, 2.24) is 14.5 Å². The average molecular weight is 246 g/mol. The van der Waals surface area contributed by atoms with Gasteiger partial charge in [-0.2, -0.15) is 0 Å². The molecule has 96 valence electrons. The van der Waals surface area contributed by atoms with E-state index in [2.05, 4.69) is 20.5 Å². The number of hydrogen-bond donors (Lipinski definition) is 1. The van der Waals surface area contributed by atoms with Crippen LogP contribution in [-0.4, -0.2) is 21.0 Å². The van der Waals surface area contributed by atoms with Crippen molar-refractivity contribution in [3.8, 4) is 0 Å². The number of imidazole rings is 1. The number of furan rings is 1. The number of aromatic nitrogens is 2. The van der Waals surface area contributed by atoms with Crippen LogP contribution in [0.15, 0.2) is 22.9 Å². The number of aryl methyl sites for hydroxylation is 1. The number of nitrogens with two attached hydrogens (primary N) is 1. The van der Waals surface area contributed by atoms with Crippen LogP contribution in [0.3, 0.4) is 0 Å². The molecule has 0 aromatic carbocycles. The molecular weight excluding hydrogens is 228 g/mol. The molecule has 0 atom stereocenters. The molecule has 2 aromatic rings. The van der Waals surface area contributed by atoms with E-state index < -0.39 is 0 Å². The first-order chi connectivity index (χ1) is 8.76. The Morgan fingerprint density at radius 2 is 2.33 bits per heavy atom. The number of hydrogen-bond acceptors (Lipinski definition) is 4. The highest BCUT2D eigenvalue weighted by Gasteiger charge is 2.18. The van der Waals surface area contributed by atoms with Gasteiger partial charge in [-0.3, -0.25) is 4.90 Å². The van der Waals surface area contributed by atoms with Gasteiger partial charge in [-0.25, -0.2) is 4.98 Å². The monoisotopic (exact) mass is 246 g/mol. The molecule has 1 aliphatic rings. The second kappa shape index (κ2) is 4.59. The van der Waals surface area contributed by atoms with Crippen LogP contribution in [0.2, 0.25) is 0 Å². The molecule has 0 unspecified atom stereocenters. The van der Waals surface area contributed by atoms with Crippen LogP contribution >= 0.6 is 0 Å². The van der Waals surface area contributed by atoms with E-state index in [0.717, 1.165) is 43.5 Å². The van der Waals surface area contributed by atoms with E-state index in [0.29, 0.717) is 6.54 Å². The van der Waals surface area contributed by atoms with Crippen LogP contribution in [0.1, 0.15) is 22.9 Å². The first-order valence-corrected chi connectivity index (χ1v) is 6.27. The van der Waals surface area contributed by atoms with Gasteiger partial charge in [0.2, 0.25) is 0 Å². The van der Waals surface area contributed by atoms with Crippen molar-refractivity contribution >= 4 is 0 Å². The highest BCUT2D eigenvalue weighted by molar-refractivity contribution is 5.20. The predicted molar refractivity (Wildman–Crippen MR) is 67.7 cm³/mol. The molecule has 3 rings (SSSR count). The first-order valence-electron chi connectivity index (χ1n) is 6.27. The zero-order valence-electron chi connectivity index (χ0n) is 10.6. The maximum atomic E-state index is 5.59. The molecule has 0 aliphatic carbocycles. The van der Waals surface area contributed by atoms with Gasteiger partial charge in [0.25, 0.3) is 0 Å². The second-order valence-corrected chi connectivity index (χ2v) is 4.75. The molecule has 1 aliphatic heterocycles. The Morgan fingerprint density at radius 1 is 1.44 bits per heavy atom. The van der Waals surface area contributed by atoms with Crippen LogP contribution in [0.4, 0.5) is 0 Å². The lowest BCUT2D eigenvalue weighted by Gasteiger charge is -2.27. The van der Waals surface area contributed by atoms with E-state index in [4.69, 9.17) is 10.2 Å². The Morgan fingerprint density at radius 3 is 3.11 bits per heavy atom. The van der Waals surface area contributed by atoms with Crippen molar-refractivity contribution in [2.24, 2.45) is 5.73 Å². The first kappa shape index (κ1) is 11.5. The predicted octanol–water partition coefficient (Wildman–Crippen LogP) is 1.26. The zero-order chi connectivity index (χ0) is 12.5. The second-order valence-electron chi connectivity index (χ2n) is 4.75. The van der Waals surface area contributed by atoms with Gasteiger partial charge in [0.15, 0.2) is 0 Å². The molecule has 18 heavy (non-hydrogen) atoms.